The zero-order valence-electron chi connectivity index (χ0n) is 9.35. The maximum Gasteiger partial charge on any atom is 0.271 e. The molecule has 2 aromatic heterocycles. The summed E-state index contributed by atoms with van der Waals surface area (Å²) in [6, 6.07) is 0. The summed E-state index contributed by atoms with van der Waals surface area (Å²) in [5.41, 5.74) is 6.23. The highest BCUT2D eigenvalue weighted by atomic mass is 19.3. The van der Waals surface area contributed by atoms with Crippen LogP contribution in [0.25, 0.3) is 11.2 Å². The second-order valence-electron chi connectivity index (χ2n) is 3.64. The van der Waals surface area contributed by atoms with Gasteiger partial charge in [0.15, 0.2) is 11.5 Å². The molecule has 0 bridgehead atoms. The van der Waals surface area contributed by atoms with E-state index in [0.717, 1.165) is 0 Å². The lowest BCUT2D eigenvalue weighted by Crippen LogP contribution is -2.02. The number of rotatable bonds is 4. The maximum absolute atomic E-state index is 12.4. The van der Waals surface area contributed by atoms with Crippen molar-refractivity contribution in [3.8, 4) is 0 Å². The molecule has 0 aromatic carbocycles. The number of fused-ring (bicyclic) bond motifs is 1. The number of hydrogen-bond donors (Lipinski definition) is 2. The summed E-state index contributed by atoms with van der Waals surface area (Å²) in [5, 5.41) is 8.77. The first-order valence-electron chi connectivity index (χ1n) is 5.18. The summed E-state index contributed by atoms with van der Waals surface area (Å²) in [6.07, 6.45) is 0.916. The van der Waals surface area contributed by atoms with E-state index in [9.17, 15) is 8.78 Å². The van der Waals surface area contributed by atoms with Gasteiger partial charge in [-0.05, 0) is 6.42 Å². The molecule has 0 saturated heterocycles. The van der Waals surface area contributed by atoms with Crippen LogP contribution >= 0.6 is 0 Å². The number of anilines is 1. The molecule has 0 saturated carbocycles. The first-order chi connectivity index (χ1) is 8.63. The number of halogens is 2. The number of nitrogens with zero attached hydrogens (tertiary/aromatic N) is 4. The minimum Gasteiger partial charge on any atom is -0.392 e. The Morgan fingerprint density at radius 3 is 2.78 bits per heavy atom. The fraction of sp³-hybridized carbons (Fsp3) is 0.300. The summed E-state index contributed by atoms with van der Waals surface area (Å²) >= 11 is 0. The second-order valence-corrected chi connectivity index (χ2v) is 3.64. The van der Waals surface area contributed by atoms with Crippen LogP contribution in [0.15, 0.2) is 24.3 Å². The lowest BCUT2D eigenvalue weighted by atomic mass is 10.2. The molecular formula is C10H11F2N5O. The van der Waals surface area contributed by atoms with Crippen molar-refractivity contribution >= 4 is 17.0 Å². The Hall–Kier alpha value is -2.09. The molecule has 2 aromatic rings. The largest absolute Gasteiger partial charge is 0.392 e. The van der Waals surface area contributed by atoms with Crippen LogP contribution in [0.4, 0.5) is 14.6 Å². The molecule has 18 heavy (non-hydrogen) atoms. The second kappa shape index (κ2) is 5.05. The number of nitrogen functional groups attached to an aromatic ring is 1. The Bertz CT molecular complexity index is 591. The van der Waals surface area contributed by atoms with E-state index in [1.54, 1.807) is 4.57 Å². The monoisotopic (exact) mass is 255 g/mol. The van der Waals surface area contributed by atoms with E-state index in [2.05, 4.69) is 15.0 Å². The van der Waals surface area contributed by atoms with Gasteiger partial charge in [-0.2, -0.15) is 8.78 Å². The number of aliphatic hydroxyl groups excluding tert-OH is 1. The van der Waals surface area contributed by atoms with Gasteiger partial charge in [-0.15, -0.1) is 0 Å². The fourth-order valence-electron chi connectivity index (χ4n) is 1.55. The van der Waals surface area contributed by atoms with Gasteiger partial charge in [-0.1, -0.05) is 0 Å². The van der Waals surface area contributed by atoms with E-state index in [1.807, 2.05) is 0 Å². The maximum atomic E-state index is 12.4. The molecule has 0 aliphatic heterocycles. The summed E-state index contributed by atoms with van der Waals surface area (Å²) < 4.78 is 26.3. The highest BCUT2D eigenvalue weighted by Crippen LogP contribution is 2.17. The molecule has 0 spiro atoms. The standard InChI is InChI=1S/C10H11F2N5O/c11-8(12)6(3-18)1-2-17-5-16-7-9(13)14-4-15-10(7)17/h4-5,18H,1-3H2,(H2,13,14,15). The normalized spacial score (nSPS) is 10.8. The van der Waals surface area contributed by atoms with Crippen molar-refractivity contribution < 1.29 is 13.9 Å². The van der Waals surface area contributed by atoms with E-state index in [0.29, 0.717) is 11.2 Å². The lowest BCUT2D eigenvalue weighted by molar-refractivity contribution is 0.303. The van der Waals surface area contributed by atoms with E-state index in [-0.39, 0.29) is 24.4 Å². The van der Waals surface area contributed by atoms with Crippen LogP contribution < -0.4 is 5.73 Å². The zero-order valence-corrected chi connectivity index (χ0v) is 9.35. The van der Waals surface area contributed by atoms with Crippen LogP contribution in [-0.4, -0.2) is 31.2 Å². The Labute approximate surface area is 101 Å². The van der Waals surface area contributed by atoms with E-state index >= 15 is 0 Å². The van der Waals surface area contributed by atoms with Crippen LogP contribution in [0.1, 0.15) is 6.42 Å². The first-order valence-corrected chi connectivity index (χ1v) is 5.18. The molecule has 0 fully saturated rings. The molecule has 8 heteroatoms. The third-order valence-electron chi connectivity index (χ3n) is 2.54. The Morgan fingerprint density at radius 2 is 2.11 bits per heavy atom. The molecule has 0 unspecified atom stereocenters. The van der Waals surface area contributed by atoms with Gasteiger partial charge in [0.05, 0.1) is 12.9 Å². The van der Waals surface area contributed by atoms with Crippen molar-refractivity contribution in [3.05, 3.63) is 24.3 Å². The summed E-state index contributed by atoms with van der Waals surface area (Å²) in [7, 11) is 0. The van der Waals surface area contributed by atoms with Gasteiger partial charge in [0, 0.05) is 12.1 Å². The molecule has 0 aliphatic rings. The number of hydrogen-bond acceptors (Lipinski definition) is 5. The summed E-state index contributed by atoms with van der Waals surface area (Å²) in [5.74, 6) is 0.244. The first kappa shape index (κ1) is 12.4. The van der Waals surface area contributed by atoms with E-state index in [1.165, 1.54) is 12.7 Å². The Kier molecular flexibility index (Phi) is 3.47. The zero-order chi connectivity index (χ0) is 13.1. The van der Waals surface area contributed by atoms with E-state index in [4.69, 9.17) is 10.8 Å². The van der Waals surface area contributed by atoms with Crippen LogP contribution in [-0.2, 0) is 6.54 Å². The summed E-state index contributed by atoms with van der Waals surface area (Å²) in [6.45, 7) is -0.424. The fourth-order valence-corrected chi connectivity index (χ4v) is 1.55. The SMILES string of the molecule is Nc1ncnc2c1ncn2CCC(CO)=C(F)F. The van der Waals surface area contributed by atoms with Crippen molar-refractivity contribution in [1.82, 2.24) is 19.5 Å². The molecule has 0 radical (unpaired) electrons. The van der Waals surface area contributed by atoms with Gasteiger partial charge in [-0.3, -0.25) is 0 Å². The van der Waals surface area contributed by atoms with Crippen LogP contribution in [0.3, 0.4) is 0 Å². The third-order valence-corrected chi connectivity index (χ3v) is 2.54. The molecule has 96 valence electrons. The number of imidazole rings is 1. The van der Waals surface area contributed by atoms with Gasteiger partial charge < -0.3 is 15.4 Å². The molecule has 3 N–H and O–H groups in total. The Balaban J connectivity index is 2.23. The average Bonchev–Trinajstić information content (AvgIpc) is 2.74. The van der Waals surface area contributed by atoms with E-state index < -0.39 is 12.7 Å². The number of aliphatic hydroxyl groups is 1. The molecular weight excluding hydrogens is 244 g/mol. The molecule has 6 nitrogen and oxygen atoms in total. The van der Waals surface area contributed by atoms with Gasteiger partial charge in [0.1, 0.15) is 11.8 Å². The average molecular weight is 255 g/mol. The van der Waals surface area contributed by atoms with Gasteiger partial charge in [0.2, 0.25) is 0 Å². The van der Waals surface area contributed by atoms with Crippen molar-refractivity contribution in [2.45, 2.75) is 13.0 Å². The summed E-state index contributed by atoms with van der Waals surface area (Å²) in [4.78, 5) is 11.8. The van der Waals surface area contributed by atoms with Crippen molar-refractivity contribution in [2.24, 2.45) is 0 Å². The minimum atomic E-state index is -1.85. The number of nitrogens with two attached hydrogens (primary N) is 1. The van der Waals surface area contributed by atoms with Gasteiger partial charge in [-0.25, -0.2) is 15.0 Å². The predicted molar refractivity (Wildman–Crippen MR) is 60.7 cm³/mol. The van der Waals surface area contributed by atoms with Gasteiger partial charge in [0.25, 0.3) is 6.08 Å². The van der Waals surface area contributed by atoms with Crippen LogP contribution in [0.5, 0.6) is 0 Å². The number of aromatic nitrogens is 4. The van der Waals surface area contributed by atoms with Crippen LogP contribution in [0, 0.1) is 0 Å². The molecule has 0 atom stereocenters. The number of aryl methyl sites for hydroxylation is 1. The molecule has 2 rings (SSSR count). The third kappa shape index (κ3) is 2.28. The lowest BCUT2D eigenvalue weighted by Gasteiger charge is -2.05. The van der Waals surface area contributed by atoms with Crippen molar-refractivity contribution in [3.63, 3.8) is 0 Å². The van der Waals surface area contributed by atoms with Crippen LogP contribution in [0.2, 0.25) is 0 Å². The quantitative estimate of drug-likeness (QED) is 0.848. The highest BCUT2D eigenvalue weighted by Gasteiger charge is 2.10. The Morgan fingerprint density at radius 1 is 1.33 bits per heavy atom. The van der Waals surface area contributed by atoms with Crippen molar-refractivity contribution in [2.75, 3.05) is 12.3 Å². The smallest absolute Gasteiger partial charge is 0.271 e. The predicted octanol–water partition coefficient (Wildman–Crippen LogP) is 0.941. The van der Waals surface area contributed by atoms with Gasteiger partial charge >= 0.3 is 0 Å². The molecule has 0 aliphatic carbocycles. The molecule has 0 amide bonds. The minimum absolute atomic E-state index is 0.0220. The highest BCUT2D eigenvalue weighted by molar-refractivity contribution is 5.81. The molecule has 2 heterocycles. The van der Waals surface area contributed by atoms with Crippen molar-refractivity contribution in [1.29, 1.82) is 0 Å². The topological polar surface area (TPSA) is 89.9 Å².